The average molecular weight is 403 g/mol. The first kappa shape index (κ1) is 19.7. The van der Waals surface area contributed by atoms with Gasteiger partial charge in [0.1, 0.15) is 17.1 Å². The lowest BCUT2D eigenvalue weighted by Gasteiger charge is -2.02. The molecule has 1 N–H and O–H groups in total. The Balaban J connectivity index is 1.50. The van der Waals surface area contributed by atoms with E-state index in [4.69, 9.17) is 20.4 Å². The average Bonchev–Trinajstić information content (AvgIpc) is 3.31. The quantitative estimate of drug-likeness (QED) is 0.601. The number of halogens is 1. The third kappa shape index (κ3) is 4.80. The third-order valence-corrected chi connectivity index (χ3v) is 4.33. The van der Waals surface area contributed by atoms with Crippen LogP contribution in [-0.2, 0) is 22.5 Å². The van der Waals surface area contributed by atoms with Gasteiger partial charge >= 0.3 is 5.97 Å². The minimum absolute atomic E-state index is 0.179. The largest absolute Gasteiger partial charge is 0.465 e. The van der Waals surface area contributed by atoms with Crippen LogP contribution < -0.4 is 5.32 Å². The molecule has 0 aliphatic carbocycles. The van der Waals surface area contributed by atoms with E-state index < -0.39 is 5.97 Å². The number of esters is 1. The van der Waals surface area contributed by atoms with Gasteiger partial charge in [-0.3, -0.25) is 4.79 Å². The SMILES string of the molecule is COC(=O)c1cc(CNC(=O)CCc2ncc(-c3ccc(Cl)cc3)o2)oc1C. The van der Waals surface area contributed by atoms with Crippen LogP contribution in [0.3, 0.4) is 0 Å². The van der Waals surface area contributed by atoms with Crippen molar-refractivity contribution in [3.63, 3.8) is 0 Å². The van der Waals surface area contributed by atoms with Crippen LogP contribution in [0.4, 0.5) is 0 Å². The fourth-order valence-corrected chi connectivity index (χ4v) is 2.74. The van der Waals surface area contributed by atoms with Crippen molar-refractivity contribution in [1.29, 1.82) is 0 Å². The molecule has 0 saturated carbocycles. The van der Waals surface area contributed by atoms with Crippen molar-refractivity contribution in [2.24, 2.45) is 0 Å². The summed E-state index contributed by atoms with van der Waals surface area (Å²) in [6, 6.07) is 8.79. The molecule has 7 nitrogen and oxygen atoms in total. The fourth-order valence-electron chi connectivity index (χ4n) is 2.61. The van der Waals surface area contributed by atoms with Crippen LogP contribution >= 0.6 is 11.6 Å². The summed E-state index contributed by atoms with van der Waals surface area (Å²) in [6.45, 7) is 1.84. The summed E-state index contributed by atoms with van der Waals surface area (Å²) in [5, 5.41) is 3.39. The maximum Gasteiger partial charge on any atom is 0.341 e. The molecule has 8 heteroatoms. The summed E-state index contributed by atoms with van der Waals surface area (Å²) in [7, 11) is 1.30. The van der Waals surface area contributed by atoms with E-state index in [9.17, 15) is 9.59 Å². The summed E-state index contributed by atoms with van der Waals surface area (Å²) in [4.78, 5) is 27.8. The third-order valence-electron chi connectivity index (χ3n) is 4.08. The molecule has 146 valence electrons. The molecule has 0 aliphatic rings. The Labute approximate surface area is 166 Å². The topological polar surface area (TPSA) is 94.6 Å². The predicted octanol–water partition coefficient (Wildman–Crippen LogP) is 3.93. The van der Waals surface area contributed by atoms with Gasteiger partial charge in [-0.05, 0) is 37.3 Å². The van der Waals surface area contributed by atoms with E-state index >= 15 is 0 Å². The second kappa shape index (κ2) is 8.75. The molecule has 0 unspecified atom stereocenters. The van der Waals surface area contributed by atoms with Crippen molar-refractivity contribution in [1.82, 2.24) is 10.3 Å². The van der Waals surface area contributed by atoms with E-state index in [1.54, 1.807) is 31.3 Å². The number of carbonyl (C=O) groups excluding carboxylic acids is 2. The highest BCUT2D eigenvalue weighted by Crippen LogP contribution is 2.22. The van der Waals surface area contributed by atoms with Crippen molar-refractivity contribution in [2.75, 3.05) is 7.11 Å². The smallest absolute Gasteiger partial charge is 0.341 e. The number of rotatable bonds is 7. The second-order valence-electron chi connectivity index (χ2n) is 6.08. The number of aromatic nitrogens is 1. The van der Waals surface area contributed by atoms with Crippen molar-refractivity contribution in [3.05, 3.63) is 64.5 Å². The molecule has 2 heterocycles. The highest BCUT2D eigenvalue weighted by atomic mass is 35.5. The number of hydrogen-bond donors (Lipinski definition) is 1. The number of methoxy groups -OCH3 is 1. The summed E-state index contributed by atoms with van der Waals surface area (Å²) >= 11 is 5.88. The number of ether oxygens (including phenoxy) is 1. The molecule has 0 radical (unpaired) electrons. The molecule has 0 aliphatic heterocycles. The molecular formula is C20H19ClN2O5. The molecular weight excluding hydrogens is 384 g/mol. The van der Waals surface area contributed by atoms with Gasteiger partial charge in [0.2, 0.25) is 5.91 Å². The molecule has 3 rings (SSSR count). The van der Waals surface area contributed by atoms with Crippen LogP contribution in [0.2, 0.25) is 5.02 Å². The zero-order valence-corrected chi connectivity index (χ0v) is 16.2. The lowest BCUT2D eigenvalue weighted by molar-refractivity contribution is -0.121. The van der Waals surface area contributed by atoms with Crippen molar-refractivity contribution in [2.45, 2.75) is 26.3 Å². The lowest BCUT2D eigenvalue weighted by Crippen LogP contribution is -2.22. The normalized spacial score (nSPS) is 10.7. The van der Waals surface area contributed by atoms with Gasteiger partial charge in [0, 0.05) is 23.4 Å². The first-order valence-electron chi connectivity index (χ1n) is 8.61. The number of furan rings is 1. The summed E-state index contributed by atoms with van der Waals surface area (Å²) in [6.07, 6.45) is 2.20. The highest BCUT2D eigenvalue weighted by molar-refractivity contribution is 6.30. The lowest BCUT2D eigenvalue weighted by atomic mass is 10.2. The molecule has 3 aromatic rings. The van der Waals surface area contributed by atoms with Gasteiger partial charge in [-0.1, -0.05) is 11.6 Å². The fraction of sp³-hybridized carbons (Fsp3) is 0.250. The Hall–Kier alpha value is -3.06. The van der Waals surface area contributed by atoms with Gasteiger partial charge in [0.25, 0.3) is 0 Å². The minimum atomic E-state index is -0.473. The van der Waals surface area contributed by atoms with Gasteiger partial charge in [-0.2, -0.15) is 0 Å². The molecule has 1 aromatic carbocycles. The zero-order chi connectivity index (χ0) is 20.1. The predicted molar refractivity (Wildman–Crippen MR) is 102 cm³/mol. The summed E-state index contributed by atoms with van der Waals surface area (Å²) in [5.74, 6) is 1.37. The van der Waals surface area contributed by atoms with E-state index in [1.165, 1.54) is 7.11 Å². The molecule has 1 amide bonds. The Bertz CT molecular complexity index is 975. The number of oxazole rings is 1. The van der Waals surface area contributed by atoms with E-state index in [0.29, 0.717) is 40.2 Å². The molecule has 2 aromatic heterocycles. The zero-order valence-electron chi connectivity index (χ0n) is 15.5. The van der Waals surface area contributed by atoms with Crippen LogP contribution in [0.5, 0.6) is 0 Å². The first-order chi connectivity index (χ1) is 13.5. The number of aryl methyl sites for hydroxylation is 2. The summed E-state index contributed by atoms with van der Waals surface area (Å²) in [5.41, 5.74) is 1.21. The number of hydrogen-bond acceptors (Lipinski definition) is 6. The molecule has 0 bridgehead atoms. The van der Waals surface area contributed by atoms with Crippen LogP contribution in [0, 0.1) is 6.92 Å². The van der Waals surface area contributed by atoms with E-state index in [1.807, 2.05) is 12.1 Å². The van der Waals surface area contributed by atoms with Gasteiger partial charge < -0.3 is 18.9 Å². The number of nitrogens with zero attached hydrogens (tertiary/aromatic N) is 1. The van der Waals surface area contributed by atoms with Gasteiger partial charge in [0.05, 0.1) is 19.9 Å². The number of benzene rings is 1. The number of amides is 1. The van der Waals surface area contributed by atoms with Crippen LogP contribution in [0.25, 0.3) is 11.3 Å². The van der Waals surface area contributed by atoms with E-state index in [0.717, 1.165) is 5.56 Å². The molecule has 28 heavy (non-hydrogen) atoms. The Morgan fingerprint density at radius 2 is 1.96 bits per heavy atom. The Kier molecular flexibility index (Phi) is 6.16. The van der Waals surface area contributed by atoms with Crippen molar-refractivity contribution < 1.29 is 23.2 Å². The molecule has 0 atom stereocenters. The van der Waals surface area contributed by atoms with Crippen molar-refractivity contribution in [3.8, 4) is 11.3 Å². The monoisotopic (exact) mass is 402 g/mol. The number of nitrogens with one attached hydrogen (secondary N) is 1. The Morgan fingerprint density at radius 1 is 1.21 bits per heavy atom. The van der Waals surface area contributed by atoms with Crippen molar-refractivity contribution >= 4 is 23.5 Å². The molecule has 0 saturated heterocycles. The minimum Gasteiger partial charge on any atom is -0.465 e. The Morgan fingerprint density at radius 3 is 2.68 bits per heavy atom. The van der Waals surface area contributed by atoms with Crippen LogP contribution in [0.15, 0.2) is 45.4 Å². The van der Waals surface area contributed by atoms with Crippen LogP contribution in [0.1, 0.15) is 34.2 Å². The first-order valence-corrected chi connectivity index (χ1v) is 8.99. The maximum atomic E-state index is 12.1. The second-order valence-corrected chi connectivity index (χ2v) is 6.51. The van der Waals surface area contributed by atoms with Gasteiger partial charge in [0.15, 0.2) is 11.7 Å². The highest BCUT2D eigenvalue weighted by Gasteiger charge is 2.16. The standard InChI is InChI=1S/C20H19ClN2O5/c1-12-16(20(25)26-2)9-15(27-12)10-22-18(24)7-8-19-23-11-17(28-19)13-3-5-14(21)6-4-13/h3-6,9,11H,7-8,10H2,1-2H3,(H,22,24). The summed E-state index contributed by atoms with van der Waals surface area (Å²) < 4.78 is 15.8. The maximum absolute atomic E-state index is 12.1. The van der Waals surface area contributed by atoms with Gasteiger partial charge in [-0.25, -0.2) is 9.78 Å². The molecule has 0 fully saturated rings. The van der Waals surface area contributed by atoms with E-state index in [2.05, 4.69) is 15.0 Å². The number of carbonyl (C=O) groups is 2. The van der Waals surface area contributed by atoms with Crippen LogP contribution in [-0.4, -0.2) is 24.0 Å². The van der Waals surface area contributed by atoms with Gasteiger partial charge in [-0.15, -0.1) is 0 Å². The van der Waals surface area contributed by atoms with E-state index in [-0.39, 0.29) is 18.9 Å². The molecule has 0 spiro atoms.